The lowest BCUT2D eigenvalue weighted by atomic mass is 9.89. The summed E-state index contributed by atoms with van der Waals surface area (Å²) in [5.74, 6) is 0. The van der Waals surface area contributed by atoms with Gasteiger partial charge in [-0.05, 0) is 41.9 Å². The maximum Gasteiger partial charge on any atom is 0.0965 e. The second-order valence-corrected chi connectivity index (χ2v) is 6.20. The third-order valence-corrected chi connectivity index (χ3v) is 4.02. The molecule has 1 saturated heterocycles. The van der Waals surface area contributed by atoms with E-state index in [1.165, 1.54) is 0 Å². The maximum absolute atomic E-state index is 10.2. The summed E-state index contributed by atoms with van der Waals surface area (Å²) in [6, 6.07) is 0. The van der Waals surface area contributed by atoms with Gasteiger partial charge in [-0.1, -0.05) is 0 Å². The minimum atomic E-state index is -0.539. The van der Waals surface area contributed by atoms with E-state index < -0.39 is 5.60 Å². The molecule has 2 N–H and O–H groups in total. The molecule has 1 fully saturated rings. The smallest absolute Gasteiger partial charge is 0.0965 e. The van der Waals surface area contributed by atoms with Crippen molar-refractivity contribution in [1.82, 2.24) is 10.3 Å². The number of aromatic nitrogens is 1. The van der Waals surface area contributed by atoms with Crippen molar-refractivity contribution in [2.24, 2.45) is 0 Å². The number of aliphatic hydroxyl groups is 1. The molecule has 0 bridgehead atoms. The lowest BCUT2D eigenvalue weighted by Gasteiger charge is -2.31. The Morgan fingerprint density at radius 1 is 1.57 bits per heavy atom. The molecule has 1 aliphatic rings. The quantitative estimate of drug-likeness (QED) is 0.862. The molecule has 0 spiro atoms. The van der Waals surface area contributed by atoms with E-state index in [1.807, 2.05) is 0 Å². The van der Waals surface area contributed by atoms with Crippen LogP contribution in [0.2, 0.25) is 0 Å². The average molecular weight is 277 g/mol. The Balaban J connectivity index is 2.01. The Morgan fingerprint density at radius 2 is 2.29 bits per heavy atom. The van der Waals surface area contributed by atoms with E-state index in [0.717, 1.165) is 34.7 Å². The molecule has 0 aliphatic carbocycles. The number of rotatable bonds is 2. The summed E-state index contributed by atoms with van der Waals surface area (Å²) in [4.78, 5) is 4.25. The van der Waals surface area contributed by atoms with Crippen molar-refractivity contribution in [2.75, 3.05) is 13.1 Å². The van der Waals surface area contributed by atoms with Crippen molar-refractivity contribution in [3.63, 3.8) is 0 Å². The minimum Gasteiger partial charge on any atom is -0.389 e. The minimum absolute atomic E-state index is 0.539. The van der Waals surface area contributed by atoms with Crippen LogP contribution >= 0.6 is 27.3 Å². The van der Waals surface area contributed by atoms with Gasteiger partial charge in [0.1, 0.15) is 0 Å². The van der Waals surface area contributed by atoms with E-state index in [1.54, 1.807) is 17.5 Å². The Morgan fingerprint density at radius 3 is 2.86 bits per heavy atom. The summed E-state index contributed by atoms with van der Waals surface area (Å²) in [5.41, 5.74) is -0.539. The molecule has 0 aromatic carbocycles. The van der Waals surface area contributed by atoms with Crippen LogP contribution in [0.4, 0.5) is 0 Å². The number of hydrogen-bond acceptors (Lipinski definition) is 4. The topological polar surface area (TPSA) is 45.2 Å². The number of thiazole rings is 1. The predicted molar refractivity (Wildman–Crippen MR) is 60.6 cm³/mol. The number of piperidine rings is 1. The highest BCUT2D eigenvalue weighted by Crippen LogP contribution is 2.27. The molecule has 2 heterocycles. The van der Waals surface area contributed by atoms with Crippen molar-refractivity contribution in [3.05, 3.63) is 15.0 Å². The van der Waals surface area contributed by atoms with Crippen LogP contribution in [0, 0.1) is 0 Å². The van der Waals surface area contributed by atoms with E-state index in [0.29, 0.717) is 6.42 Å². The Labute approximate surface area is 95.7 Å². The molecule has 0 unspecified atom stereocenters. The Kier molecular flexibility index (Phi) is 3.21. The lowest BCUT2D eigenvalue weighted by molar-refractivity contribution is 0.0108. The van der Waals surface area contributed by atoms with Crippen molar-refractivity contribution >= 4 is 27.3 Å². The second kappa shape index (κ2) is 4.26. The number of hydrogen-bond donors (Lipinski definition) is 2. The van der Waals surface area contributed by atoms with Crippen molar-refractivity contribution < 1.29 is 5.11 Å². The lowest BCUT2D eigenvalue weighted by Crippen LogP contribution is -2.43. The SMILES string of the molecule is OC1(Cc2ncc(Br)s2)CCNCC1. The summed E-state index contributed by atoms with van der Waals surface area (Å²) in [5, 5.41) is 14.5. The fourth-order valence-corrected chi connectivity index (χ4v) is 3.16. The number of halogens is 1. The maximum atomic E-state index is 10.2. The highest BCUT2D eigenvalue weighted by Gasteiger charge is 2.30. The first-order valence-corrected chi connectivity index (χ1v) is 6.32. The van der Waals surface area contributed by atoms with Gasteiger partial charge in [0.25, 0.3) is 0 Å². The highest BCUT2D eigenvalue weighted by atomic mass is 79.9. The zero-order valence-electron chi connectivity index (χ0n) is 7.79. The number of nitrogens with zero attached hydrogens (tertiary/aromatic N) is 1. The molecule has 3 nitrogen and oxygen atoms in total. The molecule has 0 atom stereocenters. The summed E-state index contributed by atoms with van der Waals surface area (Å²) in [6.07, 6.45) is 4.13. The van der Waals surface area contributed by atoms with Gasteiger partial charge in [0, 0.05) is 6.42 Å². The van der Waals surface area contributed by atoms with E-state index in [-0.39, 0.29) is 0 Å². The molecular formula is C9H13BrN2OS. The van der Waals surface area contributed by atoms with Gasteiger partial charge in [-0.15, -0.1) is 11.3 Å². The summed E-state index contributed by atoms with van der Waals surface area (Å²) >= 11 is 4.98. The van der Waals surface area contributed by atoms with Gasteiger partial charge in [-0.3, -0.25) is 0 Å². The van der Waals surface area contributed by atoms with Gasteiger partial charge >= 0.3 is 0 Å². The predicted octanol–water partition coefficient (Wildman–Crippen LogP) is 1.56. The molecule has 0 radical (unpaired) electrons. The number of nitrogens with one attached hydrogen (secondary N) is 1. The first kappa shape index (κ1) is 10.5. The van der Waals surface area contributed by atoms with Gasteiger partial charge in [0.05, 0.1) is 20.6 Å². The fraction of sp³-hybridized carbons (Fsp3) is 0.667. The van der Waals surface area contributed by atoms with Gasteiger partial charge in [-0.2, -0.15) is 0 Å². The van der Waals surface area contributed by atoms with Crippen LogP contribution in [0.25, 0.3) is 0 Å². The molecular weight excluding hydrogens is 264 g/mol. The zero-order valence-corrected chi connectivity index (χ0v) is 10.2. The van der Waals surface area contributed by atoms with Crippen LogP contribution in [-0.2, 0) is 6.42 Å². The standard InChI is InChI=1S/C9H13BrN2OS/c10-7-6-12-8(14-7)5-9(13)1-3-11-4-2-9/h6,11,13H,1-5H2. The molecule has 1 aliphatic heterocycles. The van der Waals surface area contributed by atoms with Gasteiger partial charge in [0.15, 0.2) is 0 Å². The molecule has 5 heteroatoms. The van der Waals surface area contributed by atoms with Crippen LogP contribution in [0.15, 0.2) is 9.98 Å². The summed E-state index contributed by atoms with van der Waals surface area (Å²) in [6.45, 7) is 1.81. The highest BCUT2D eigenvalue weighted by molar-refractivity contribution is 9.11. The first-order valence-electron chi connectivity index (χ1n) is 4.71. The average Bonchev–Trinajstić information content (AvgIpc) is 2.51. The molecule has 1 aromatic rings. The molecule has 1 aromatic heterocycles. The fourth-order valence-electron chi connectivity index (χ4n) is 1.72. The van der Waals surface area contributed by atoms with E-state index in [4.69, 9.17) is 0 Å². The molecule has 14 heavy (non-hydrogen) atoms. The molecule has 0 amide bonds. The first-order chi connectivity index (χ1) is 6.68. The van der Waals surface area contributed by atoms with Crippen LogP contribution in [0.3, 0.4) is 0 Å². The second-order valence-electron chi connectivity index (χ2n) is 3.71. The van der Waals surface area contributed by atoms with Crippen LogP contribution in [0.5, 0.6) is 0 Å². The van der Waals surface area contributed by atoms with Gasteiger partial charge < -0.3 is 10.4 Å². The van der Waals surface area contributed by atoms with E-state index in [9.17, 15) is 5.11 Å². The van der Waals surface area contributed by atoms with E-state index in [2.05, 4.69) is 26.2 Å². The molecule has 2 rings (SSSR count). The molecule has 0 saturated carbocycles. The van der Waals surface area contributed by atoms with Gasteiger partial charge in [0.2, 0.25) is 0 Å². The van der Waals surface area contributed by atoms with Crippen molar-refractivity contribution in [2.45, 2.75) is 24.9 Å². The van der Waals surface area contributed by atoms with Crippen LogP contribution in [0.1, 0.15) is 17.8 Å². The summed E-state index contributed by atoms with van der Waals surface area (Å²) < 4.78 is 1.03. The zero-order chi connectivity index (χ0) is 10.0. The van der Waals surface area contributed by atoms with Crippen LogP contribution < -0.4 is 5.32 Å². The normalized spacial score (nSPS) is 21.0. The third kappa shape index (κ3) is 2.53. The Bertz CT molecular complexity index is 310. The summed E-state index contributed by atoms with van der Waals surface area (Å²) in [7, 11) is 0. The van der Waals surface area contributed by atoms with Crippen LogP contribution in [-0.4, -0.2) is 28.8 Å². The third-order valence-electron chi connectivity index (χ3n) is 2.54. The monoisotopic (exact) mass is 276 g/mol. The van der Waals surface area contributed by atoms with Crippen molar-refractivity contribution in [1.29, 1.82) is 0 Å². The molecule has 78 valence electrons. The van der Waals surface area contributed by atoms with Gasteiger partial charge in [-0.25, -0.2) is 4.98 Å². The largest absolute Gasteiger partial charge is 0.389 e. The van der Waals surface area contributed by atoms with Crippen molar-refractivity contribution in [3.8, 4) is 0 Å². The Hall–Kier alpha value is 0.0300. The van der Waals surface area contributed by atoms with E-state index >= 15 is 0 Å².